The molecule has 2 rings (SSSR count). The average Bonchev–Trinajstić information content (AvgIpc) is 2.41. The van der Waals surface area contributed by atoms with Crippen molar-refractivity contribution < 1.29 is 0 Å². The van der Waals surface area contributed by atoms with Gasteiger partial charge >= 0.3 is 0 Å². The number of nitrogens with two attached hydrogens (primary N) is 1. The topological polar surface area (TPSA) is 80.0 Å². The van der Waals surface area contributed by atoms with Crippen molar-refractivity contribution in [3.8, 4) is 0 Å². The number of nitrogens with zero attached hydrogens (tertiary/aromatic N) is 4. The predicted molar refractivity (Wildman–Crippen MR) is 80.2 cm³/mol. The molecular weight excluding hydrogens is 328 g/mol. The lowest BCUT2D eigenvalue weighted by Gasteiger charge is -2.12. The lowest BCUT2D eigenvalue weighted by atomic mass is 10.4. The number of anilines is 2. The molecule has 1 aromatic carbocycles. The van der Waals surface area contributed by atoms with Gasteiger partial charge < -0.3 is 4.90 Å². The Morgan fingerprint density at radius 2 is 1.95 bits per heavy atom. The minimum atomic E-state index is 0.341. The predicted octanol–water partition coefficient (Wildman–Crippen LogP) is 2.14. The van der Waals surface area contributed by atoms with Gasteiger partial charge in [0.25, 0.3) is 0 Å². The number of hydrogen-bond donors (Lipinski definition) is 2. The van der Waals surface area contributed by atoms with E-state index in [2.05, 4.69) is 36.3 Å². The normalized spacial score (nSPS) is 10.3. The van der Waals surface area contributed by atoms with Crippen molar-refractivity contribution in [3.63, 3.8) is 0 Å². The Hall–Kier alpha value is -1.38. The van der Waals surface area contributed by atoms with Crippen molar-refractivity contribution in [2.75, 3.05) is 24.4 Å². The number of hydrogen-bond acceptors (Lipinski definition) is 7. The van der Waals surface area contributed by atoms with Crippen LogP contribution in [0.1, 0.15) is 0 Å². The molecule has 0 unspecified atom stereocenters. The van der Waals surface area contributed by atoms with Gasteiger partial charge in [0.05, 0.1) is 0 Å². The van der Waals surface area contributed by atoms with Gasteiger partial charge in [0.15, 0.2) is 5.16 Å². The summed E-state index contributed by atoms with van der Waals surface area (Å²) >= 11 is 4.94. The third kappa shape index (κ3) is 3.55. The van der Waals surface area contributed by atoms with E-state index < -0.39 is 0 Å². The van der Waals surface area contributed by atoms with Crippen molar-refractivity contribution in [2.24, 2.45) is 5.84 Å². The monoisotopic (exact) mass is 340 g/mol. The van der Waals surface area contributed by atoms with Crippen LogP contribution in [0.25, 0.3) is 0 Å². The molecular formula is C11H13BrN6S. The first kappa shape index (κ1) is 14.0. The van der Waals surface area contributed by atoms with E-state index in [1.54, 1.807) is 4.90 Å². The van der Waals surface area contributed by atoms with Gasteiger partial charge in [-0.15, -0.1) is 0 Å². The molecule has 0 amide bonds. The largest absolute Gasteiger partial charge is 0.347 e. The summed E-state index contributed by atoms with van der Waals surface area (Å²) in [6.07, 6.45) is 0. The molecule has 0 spiro atoms. The third-order valence-corrected chi connectivity index (χ3v) is 4.07. The molecule has 2 aromatic rings. The fraction of sp³-hybridized carbons (Fsp3) is 0.182. The van der Waals surface area contributed by atoms with Crippen LogP contribution >= 0.6 is 27.7 Å². The Kier molecular flexibility index (Phi) is 4.56. The van der Waals surface area contributed by atoms with E-state index in [0.29, 0.717) is 17.1 Å². The van der Waals surface area contributed by atoms with Gasteiger partial charge in [-0.25, -0.2) is 5.84 Å². The fourth-order valence-electron chi connectivity index (χ4n) is 1.28. The van der Waals surface area contributed by atoms with E-state index in [1.807, 2.05) is 38.4 Å². The highest BCUT2D eigenvalue weighted by molar-refractivity contribution is 9.10. The van der Waals surface area contributed by atoms with Crippen molar-refractivity contribution in [1.82, 2.24) is 15.0 Å². The van der Waals surface area contributed by atoms with Gasteiger partial charge in [-0.1, -0.05) is 12.1 Å². The molecule has 0 radical (unpaired) electrons. The van der Waals surface area contributed by atoms with Crippen molar-refractivity contribution >= 4 is 39.6 Å². The summed E-state index contributed by atoms with van der Waals surface area (Å²) in [5, 5.41) is 0.582. The zero-order valence-electron chi connectivity index (χ0n) is 10.5. The maximum atomic E-state index is 5.37. The molecule has 3 N–H and O–H groups in total. The fourth-order valence-corrected chi connectivity index (χ4v) is 2.58. The molecule has 0 aliphatic heterocycles. The highest BCUT2D eigenvalue weighted by Crippen LogP contribution is 2.31. The first-order chi connectivity index (χ1) is 9.10. The summed E-state index contributed by atoms with van der Waals surface area (Å²) in [5.74, 6) is 6.27. The summed E-state index contributed by atoms with van der Waals surface area (Å²) in [4.78, 5) is 15.6. The van der Waals surface area contributed by atoms with Gasteiger partial charge in [0, 0.05) is 23.5 Å². The number of halogens is 1. The van der Waals surface area contributed by atoms with E-state index in [-0.39, 0.29) is 0 Å². The number of aromatic nitrogens is 3. The Bertz CT molecular complexity index is 577. The lowest BCUT2D eigenvalue weighted by molar-refractivity contribution is 0.865. The second-order valence-corrected chi connectivity index (χ2v) is 5.68. The zero-order valence-corrected chi connectivity index (χ0v) is 12.9. The molecule has 1 heterocycles. The summed E-state index contributed by atoms with van der Waals surface area (Å²) < 4.78 is 0.995. The lowest BCUT2D eigenvalue weighted by Crippen LogP contribution is -2.17. The molecule has 0 aliphatic rings. The number of benzene rings is 1. The maximum Gasteiger partial charge on any atom is 0.242 e. The minimum Gasteiger partial charge on any atom is -0.347 e. The average molecular weight is 341 g/mol. The molecule has 0 aliphatic carbocycles. The SMILES string of the molecule is CN(C)c1nc(NN)nc(Sc2ccccc2Br)n1. The third-order valence-electron chi connectivity index (χ3n) is 2.17. The molecule has 0 saturated carbocycles. The number of nitrogens with one attached hydrogen (secondary N) is 1. The number of nitrogen functional groups attached to an aromatic ring is 1. The summed E-state index contributed by atoms with van der Waals surface area (Å²) in [6, 6.07) is 7.88. The molecule has 6 nitrogen and oxygen atoms in total. The molecule has 0 fully saturated rings. The zero-order chi connectivity index (χ0) is 13.8. The summed E-state index contributed by atoms with van der Waals surface area (Å²) in [7, 11) is 3.73. The molecule has 8 heteroatoms. The van der Waals surface area contributed by atoms with Gasteiger partial charge in [-0.3, -0.25) is 5.43 Å². The first-order valence-electron chi connectivity index (χ1n) is 5.42. The smallest absolute Gasteiger partial charge is 0.242 e. The molecule has 19 heavy (non-hydrogen) atoms. The molecule has 100 valence electrons. The molecule has 0 bridgehead atoms. The van der Waals surface area contributed by atoms with E-state index >= 15 is 0 Å². The highest BCUT2D eigenvalue weighted by Gasteiger charge is 2.10. The summed E-state index contributed by atoms with van der Waals surface area (Å²) in [6.45, 7) is 0. The minimum absolute atomic E-state index is 0.341. The Balaban J connectivity index is 2.34. The van der Waals surface area contributed by atoms with Gasteiger partial charge in [-0.05, 0) is 39.8 Å². The van der Waals surface area contributed by atoms with Crippen molar-refractivity contribution in [1.29, 1.82) is 0 Å². The Morgan fingerprint density at radius 1 is 1.21 bits per heavy atom. The van der Waals surface area contributed by atoms with Crippen LogP contribution in [0.4, 0.5) is 11.9 Å². The van der Waals surface area contributed by atoms with Crippen LogP contribution in [0.3, 0.4) is 0 Å². The standard InChI is InChI=1S/C11H13BrN6S/c1-18(2)10-14-9(17-13)15-11(16-10)19-8-6-4-3-5-7(8)12/h3-6H,13H2,1-2H3,(H,14,15,16,17). The van der Waals surface area contributed by atoms with Crippen molar-refractivity contribution in [2.45, 2.75) is 10.1 Å². The first-order valence-corrected chi connectivity index (χ1v) is 7.03. The molecule has 0 atom stereocenters. The van der Waals surface area contributed by atoms with Gasteiger partial charge in [-0.2, -0.15) is 15.0 Å². The van der Waals surface area contributed by atoms with Crippen LogP contribution in [-0.2, 0) is 0 Å². The highest BCUT2D eigenvalue weighted by atomic mass is 79.9. The van der Waals surface area contributed by atoms with E-state index in [1.165, 1.54) is 11.8 Å². The quantitative estimate of drug-likeness (QED) is 0.651. The second kappa shape index (κ2) is 6.18. The number of hydrazine groups is 1. The maximum absolute atomic E-state index is 5.37. The number of rotatable bonds is 4. The van der Waals surface area contributed by atoms with Gasteiger partial charge in [0.1, 0.15) is 0 Å². The Morgan fingerprint density at radius 3 is 2.58 bits per heavy atom. The Labute approximate surface area is 123 Å². The van der Waals surface area contributed by atoms with Crippen LogP contribution in [-0.4, -0.2) is 29.0 Å². The summed E-state index contributed by atoms with van der Waals surface area (Å²) in [5.41, 5.74) is 2.45. The van der Waals surface area contributed by atoms with Crippen LogP contribution in [0.15, 0.2) is 38.8 Å². The molecule has 1 aromatic heterocycles. The second-order valence-electron chi connectivity index (χ2n) is 3.81. The van der Waals surface area contributed by atoms with Crippen LogP contribution in [0.2, 0.25) is 0 Å². The van der Waals surface area contributed by atoms with E-state index in [9.17, 15) is 0 Å². The van der Waals surface area contributed by atoms with E-state index in [0.717, 1.165) is 9.37 Å². The molecule has 0 saturated heterocycles. The van der Waals surface area contributed by atoms with E-state index in [4.69, 9.17) is 5.84 Å². The van der Waals surface area contributed by atoms with Gasteiger partial charge in [0.2, 0.25) is 11.9 Å². The van der Waals surface area contributed by atoms with Crippen LogP contribution in [0.5, 0.6) is 0 Å². The van der Waals surface area contributed by atoms with Crippen molar-refractivity contribution in [3.05, 3.63) is 28.7 Å². The van der Waals surface area contributed by atoms with Crippen LogP contribution in [0, 0.1) is 0 Å². The van der Waals surface area contributed by atoms with Crippen LogP contribution < -0.4 is 16.2 Å².